The highest BCUT2D eigenvalue weighted by molar-refractivity contribution is 9.10. The molecule has 5 N–H and O–H groups in total. The summed E-state index contributed by atoms with van der Waals surface area (Å²) in [6.45, 7) is 0.184. The fourth-order valence-electron chi connectivity index (χ4n) is 2.12. The van der Waals surface area contributed by atoms with E-state index in [1.54, 1.807) is 0 Å². The van der Waals surface area contributed by atoms with Crippen molar-refractivity contribution in [2.24, 2.45) is 11.5 Å². The average Bonchev–Trinajstić information content (AvgIpc) is 2.76. The van der Waals surface area contributed by atoms with Gasteiger partial charge in [-0.15, -0.1) is 0 Å². The lowest BCUT2D eigenvalue weighted by Crippen LogP contribution is -2.49. The Morgan fingerprint density at radius 2 is 2.18 bits per heavy atom. The Kier molecular flexibility index (Phi) is 3.91. The molecule has 10 heteroatoms. The van der Waals surface area contributed by atoms with Crippen LogP contribution in [0, 0.1) is 0 Å². The van der Waals surface area contributed by atoms with Gasteiger partial charge in [0.15, 0.2) is 5.75 Å². The number of carbonyl (C=O) groups is 1. The Balaban J connectivity index is 2.69. The summed E-state index contributed by atoms with van der Waals surface area (Å²) in [5.74, 6) is -0.648. The molecule has 1 aromatic heterocycles. The van der Waals surface area contributed by atoms with Gasteiger partial charge >= 0.3 is 6.18 Å². The van der Waals surface area contributed by atoms with E-state index in [2.05, 4.69) is 20.9 Å². The highest BCUT2D eigenvalue weighted by Crippen LogP contribution is 2.46. The third-order valence-corrected chi connectivity index (χ3v) is 4.30. The molecule has 2 rings (SSSR count). The number of carbonyl (C=O) groups excluding carboxylic acids is 1. The van der Waals surface area contributed by atoms with Gasteiger partial charge in [-0.2, -0.15) is 13.2 Å². The molecule has 22 heavy (non-hydrogen) atoms. The maximum Gasteiger partial charge on any atom is 0.424 e. The first kappa shape index (κ1) is 17.0. The first-order valence-corrected chi connectivity index (χ1v) is 6.90. The number of halogens is 4. The Morgan fingerprint density at radius 3 is 2.64 bits per heavy atom. The number of nitrogens with zero attached hydrogens (tertiary/aromatic N) is 1. The van der Waals surface area contributed by atoms with Gasteiger partial charge in [0.1, 0.15) is 16.6 Å². The largest absolute Gasteiger partial charge is 0.489 e. The zero-order chi connectivity index (χ0) is 16.9. The lowest BCUT2D eigenvalue weighted by atomic mass is 9.82. The quantitative estimate of drug-likeness (QED) is 0.664. The minimum absolute atomic E-state index is 0.0684. The number of rotatable bonds is 3. The molecule has 1 unspecified atom stereocenters. The van der Waals surface area contributed by atoms with Crippen LogP contribution in [0.4, 0.5) is 13.2 Å². The second kappa shape index (κ2) is 5.07. The Hall–Kier alpha value is -1.39. The molecule has 0 radical (unpaired) electrons. The van der Waals surface area contributed by atoms with Gasteiger partial charge in [-0.25, -0.2) is 4.98 Å². The van der Waals surface area contributed by atoms with E-state index in [4.69, 9.17) is 16.2 Å². The number of aliphatic hydroxyl groups is 1. The van der Waals surface area contributed by atoms with Gasteiger partial charge in [-0.05, 0) is 28.9 Å². The molecule has 1 amide bonds. The molecule has 2 heterocycles. The van der Waals surface area contributed by atoms with Crippen molar-refractivity contribution in [1.29, 1.82) is 0 Å². The lowest BCUT2D eigenvalue weighted by Gasteiger charge is -2.29. The number of aromatic nitrogens is 1. The van der Waals surface area contributed by atoms with Gasteiger partial charge in [0, 0.05) is 12.1 Å². The van der Waals surface area contributed by atoms with Gasteiger partial charge < -0.3 is 21.3 Å². The van der Waals surface area contributed by atoms with Crippen molar-refractivity contribution < 1.29 is 27.8 Å². The smallest absolute Gasteiger partial charge is 0.424 e. The molecule has 0 fully saturated rings. The van der Waals surface area contributed by atoms with Crippen LogP contribution in [0.1, 0.15) is 18.2 Å². The molecule has 0 bridgehead atoms. The number of hydrogen-bond donors (Lipinski definition) is 3. The van der Waals surface area contributed by atoms with Crippen LogP contribution in [0.15, 0.2) is 10.7 Å². The molecule has 1 aromatic rings. The van der Waals surface area contributed by atoms with Crippen LogP contribution < -0.4 is 16.2 Å². The van der Waals surface area contributed by atoms with Crippen LogP contribution in [0.2, 0.25) is 0 Å². The maximum absolute atomic E-state index is 13.1. The van der Waals surface area contributed by atoms with Gasteiger partial charge in [-0.1, -0.05) is 0 Å². The lowest BCUT2D eigenvalue weighted by molar-refractivity contribution is -0.263. The van der Waals surface area contributed by atoms with Crippen LogP contribution >= 0.6 is 15.9 Å². The summed E-state index contributed by atoms with van der Waals surface area (Å²) in [5.41, 5.74) is 5.13. The summed E-state index contributed by atoms with van der Waals surface area (Å²) >= 11 is 2.98. The van der Waals surface area contributed by atoms with E-state index in [0.717, 1.165) is 6.07 Å². The van der Waals surface area contributed by atoms with E-state index in [0.29, 0.717) is 0 Å². The van der Waals surface area contributed by atoms with Gasteiger partial charge in [0.25, 0.3) is 0 Å². The average molecular weight is 384 g/mol. The molecule has 0 saturated carbocycles. The number of primary amides is 1. The van der Waals surface area contributed by atoms with Gasteiger partial charge in [-0.3, -0.25) is 4.79 Å². The van der Waals surface area contributed by atoms with Crippen LogP contribution in [-0.2, 0) is 15.8 Å². The number of fused-ring (bicyclic) bond motifs is 1. The molecule has 0 saturated heterocycles. The summed E-state index contributed by atoms with van der Waals surface area (Å²) in [7, 11) is 0. The Labute approximate surface area is 131 Å². The number of hydrogen-bond acceptors (Lipinski definition) is 5. The van der Waals surface area contributed by atoms with Crippen LogP contribution in [0.25, 0.3) is 0 Å². The number of ether oxygens (including phenoxy) is 1. The number of alkyl halides is 3. The van der Waals surface area contributed by atoms with Crippen LogP contribution in [-0.4, -0.2) is 35.3 Å². The minimum atomic E-state index is -5.04. The van der Waals surface area contributed by atoms with Crippen molar-refractivity contribution in [3.63, 3.8) is 0 Å². The molecule has 0 aromatic carbocycles. The fourth-order valence-corrected chi connectivity index (χ4v) is 2.64. The molecular formula is C12H13BrF3N3O3. The van der Waals surface area contributed by atoms with Crippen LogP contribution in [0.3, 0.4) is 0 Å². The van der Waals surface area contributed by atoms with Gasteiger partial charge in [0.2, 0.25) is 11.5 Å². The van der Waals surface area contributed by atoms with E-state index in [9.17, 15) is 23.1 Å². The monoisotopic (exact) mass is 383 g/mol. The number of pyridine rings is 1. The molecule has 6 nitrogen and oxygen atoms in total. The topological polar surface area (TPSA) is 111 Å². The van der Waals surface area contributed by atoms with E-state index < -0.39 is 35.3 Å². The molecule has 2 atom stereocenters. The second-order valence-electron chi connectivity index (χ2n) is 5.22. The maximum atomic E-state index is 13.1. The zero-order valence-corrected chi connectivity index (χ0v) is 13.0. The summed E-state index contributed by atoms with van der Waals surface area (Å²) in [6.07, 6.45) is -5.04. The summed E-state index contributed by atoms with van der Waals surface area (Å²) in [5, 5.41) is 9.90. The van der Waals surface area contributed by atoms with E-state index in [1.807, 2.05) is 0 Å². The summed E-state index contributed by atoms with van der Waals surface area (Å²) < 4.78 is 44.6. The van der Waals surface area contributed by atoms with Crippen molar-refractivity contribution >= 4 is 21.8 Å². The van der Waals surface area contributed by atoms with Crippen molar-refractivity contribution in [2.45, 2.75) is 24.1 Å². The van der Waals surface area contributed by atoms with Crippen molar-refractivity contribution in [2.75, 3.05) is 13.2 Å². The highest BCUT2D eigenvalue weighted by atomic mass is 79.9. The Morgan fingerprint density at radius 1 is 1.59 bits per heavy atom. The normalized spacial score (nSPS) is 23.6. The first-order chi connectivity index (χ1) is 9.97. The van der Waals surface area contributed by atoms with E-state index in [-0.39, 0.29) is 22.5 Å². The number of nitrogens with two attached hydrogens (primary N) is 2. The molecule has 1 aliphatic heterocycles. The second-order valence-corrected chi connectivity index (χ2v) is 5.97. The first-order valence-electron chi connectivity index (χ1n) is 6.11. The third-order valence-electron chi connectivity index (χ3n) is 3.76. The van der Waals surface area contributed by atoms with Crippen LogP contribution in [0.5, 0.6) is 5.75 Å². The molecule has 0 spiro atoms. The molecule has 0 aliphatic carbocycles. The van der Waals surface area contributed by atoms with Crippen molar-refractivity contribution in [3.05, 3.63) is 21.9 Å². The fraction of sp³-hybridized carbons (Fsp3) is 0.500. The third kappa shape index (κ3) is 2.25. The Bertz CT molecular complexity index is 640. The molecule has 122 valence electrons. The zero-order valence-electron chi connectivity index (χ0n) is 11.4. The summed E-state index contributed by atoms with van der Waals surface area (Å²) in [4.78, 5) is 15.3. The van der Waals surface area contributed by atoms with E-state index in [1.165, 1.54) is 6.92 Å². The van der Waals surface area contributed by atoms with Gasteiger partial charge in [0.05, 0.1) is 5.69 Å². The predicted octanol–water partition coefficient (Wildman–Crippen LogP) is 0.688. The summed E-state index contributed by atoms with van der Waals surface area (Å²) in [6, 6.07) is 0.957. The van der Waals surface area contributed by atoms with Crippen molar-refractivity contribution in [3.8, 4) is 5.75 Å². The highest BCUT2D eigenvalue weighted by Gasteiger charge is 2.56. The van der Waals surface area contributed by atoms with E-state index >= 15 is 0 Å². The number of amides is 1. The van der Waals surface area contributed by atoms with Crippen molar-refractivity contribution in [1.82, 2.24) is 4.98 Å². The SMILES string of the molecule is C[C@]1(C(N)=O)COc2c1cc(C(O)(CN)C(F)(F)F)nc2Br. The molecule has 1 aliphatic rings. The minimum Gasteiger partial charge on any atom is -0.489 e. The standard InChI is InChI=1S/C12H13BrF3N3O3/c1-10(9(18)20)4-22-7-5(10)2-6(19-8(7)13)11(21,3-17)12(14,15)16/h2,21H,3-4,17H2,1H3,(H2,18,20)/t10-,11?/m0/s1. The molecular weight excluding hydrogens is 371 g/mol. The predicted molar refractivity (Wildman–Crippen MR) is 73.0 cm³/mol.